The third kappa shape index (κ3) is 6.31. The first-order chi connectivity index (χ1) is 7.67. The Hall–Kier alpha value is -0.310. The summed E-state index contributed by atoms with van der Waals surface area (Å²) in [4.78, 5) is 13.8. The molecule has 0 N–H and O–H groups in total. The summed E-state index contributed by atoms with van der Waals surface area (Å²) >= 11 is 3.41. The molecular formula is C13H24BrNO. The van der Waals surface area contributed by atoms with Crippen LogP contribution in [0.5, 0.6) is 0 Å². The monoisotopic (exact) mass is 289 g/mol. The SMILES string of the molecule is C=CCN(CCCCCC)C(=O)C(Br)CC. The van der Waals surface area contributed by atoms with Crippen LogP contribution in [0.1, 0.15) is 46.0 Å². The Labute approximate surface area is 108 Å². The molecule has 0 fully saturated rings. The average Bonchev–Trinajstić information content (AvgIpc) is 2.31. The van der Waals surface area contributed by atoms with E-state index in [0.717, 1.165) is 19.4 Å². The summed E-state index contributed by atoms with van der Waals surface area (Å²) in [6.45, 7) is 9.42. The fourth-order valence-electron chi connectivity index (χ4n) is 1.55. The van der Waals surface area contributed by atoms with Crippen LogP contribution < -0.4 is 0 Å². The first-order valence-electron chi connectivity index (χ1n) is 6.21. The lowest BCUT2D eigenvalue weighted by Crippen LogP contribution is -2.37. The predicted octanol–water partition coefficient (Wildman–Crippen LogP) is 3.75. The zero-order chi connectivity index (χ0) is 12.4. The van der Waals surface area contributed by atoms with E-state index in [9.17, 15) is 4.79 Å². The van der Waals surface area contributed by atoms with Crippen molar-refractivity contribution in [1.82, 2.24) is 4.90 Å². The van der Waals surface area contributed by atoms with Crippen LogP contribution in [0.15, 0.2) is 12.7 Å². The van der Waals surface area contributed by atoms with Gasteiger partial charge in [0.2, 0.25) is 5.91 Å². The van der Waals surface area contributed by atoms with Gasteiger partial charge >= 0.3 is 0 Å². The second kappa shape index (κ2) is 9.88. The van der Waals surface area contributed by atoms with Crippen molar-refractivity contribution in [2.24, 2.45) is 0 Å². The third-order valence-electron chi connectivity index (χ3n) is 2.57. The molecule has 0 aliphatic rings. The number of nitrogens with zero attached hydrogens (tertiary/aromatic N) is 1. The zero-order valence-electron chi connectivity index (χ0n) is 10.5. The lowest BCUT2D eigenvalue weighted by Gasteiger charge is -2.23. The molecule has 0 aliphatic heterocycles. The highest BCUT2D eigenvalue weighted by Gasteiger charge is 2.18. The van der Waals surface area contributed by atoms with Gasteiger partial charge in [-0.05, 0) is 12.8 Å². The maximum atomic E-state index is 12.0. The average molecular weight is 290 g/mol. The number of halogens is 1. The number of rotatable bonds is 9. The molecule has 3 heteroatoms. The maximum absolute atomic E-state index is 12.0. The van der Waals surface area contributed by atoms with E-state index in [4.69, 9.17) is 0 Å². The molecule has 0 aromatic rings. The summed E-state index contributed by atoms with van der Waals surface area (Å²) in [6.07, 6.45) is 7.41. The first kappa shape index (κ1) is 15.7. The molecular weight excluding hydrogens is 266 g/mol. The van der Waals surface area contributed by atoms with Crippen LogP contribution in [0.4, 0.5) is 0 Å². The van der Waals surface area contributed by atoms with E-state index in [1.165, 1.54) is 19.3 Å². The van der Waals surface area contributed by atoms with E-state index in [1.54, 1.807) is 6.08 Å². The molecule has 0 saturated heterocycles. The van der Waals surface area contributed by atoms with Crippen LogP contribution in [0.25, 0.3) is 0 Å². The van der Waals surface area contributed by atoms with Gasteiger partial charge < -0.3 is 4.90 Å². The number of carbonyl (C=O) groups is 1. The predicted molar refractivity (Wildman–Crippen MR) is 73.9 cm³/mol. The summed E-state index contributed by atoms with van der Waals surface area (Å²) in [5.74, 6) is 0.193. The number of carbonyl (C=O) groups excluding carboxylic acids is 1. The van der Waals surface area contributed by atoms with Crippen molar-refractivity contribution in [3.63, 3.8) is 0 Å². The van der Waals surface area contributed by atoms with Gasteiger partial charge in [0.15, 0.2) is 0 Å². The summed E-state index contributed by atoms with van der Waals surface area (Å²) in [5.41, 5.74) is 0. The van der Waals surface area contributed by atoms with Gasteiger partial charge in [0, 0.05) is 13.1 Å². The molecule has 0 aromatic heterocycles. The van der Waals surface area contributed by atoms with E-state index in [1.807, 2.05) is 11.8 Å². The van der Waals surface area contributed by atoms with Gasteiger partial charge in [-0.2, -0.15) is 0 Å². The van der Waals surface area contributed by atoms with Crippen LogP contribution in [0.2, 0.25) is 0 Å². The summed E-state index contributed by atoms with van der Waals surface area (Å²) in [7, 11) is 0. The Bertz CT molecular complexity index is 206. The van der Waals surface area contributed by atoms with Gasteiger partial charge in [0.05, 0.1) is 4.83 Å². The minimum Gasteiger partial charge on any atom is -0.338 e. The molecule has 16 heavy (non-hydrogen) atoms. The summed E-state index contributed by atoms with van der Waals surface area (Å²) in [5, 5.41) is 0. The molecule has 0 spiro atoms. The quantitative estimate of drug-likeness (QED) is 0.360. The lowest BCUT2D eigenvalue weighted by molar-refractivity contribution is -0.130. The van der Waals surface area contributed by atoms with Crippen molar-refractivity contribution < 1.29 is 4.79 Å². The minimum absolute atomic E-state index is 0.0429. The molecule has 94 valence electrons. The smallest absolute Gasteiger partial charge is 0.236 e. The van der Waals surface area contributed by atoms with E-state index in [2.05, 4.69) is 29.4 Å². The van der Waals surface area contributed by atoms with Crippen LogP contribution in [0, 0.1) is 0 Å². The van der Waals surface area contributed by atoms with Crippen LogP contribution >= 0.6 is 15.9 Å². The molecule has 1 atom stereocenters. The van der Waals surface area contributed by atoms with Gasteiger partial charge in [0.1, 0.15) is 0 Å². The topological polar surface area (TPSA) is 20.3 Å². The fraction of sp³-hybridized carbons (Fsp3) is 0.769. The Balaban J connectivity index is 4.04. The molecule has 0 aliphatic carbocycles. The fourth-order valence-corrected chi connectivity index (χ4v) is 1.84. The number of alkyl halides is 1. The number of hydrogen-bond acceptors (Lipinski definition) is 1. The van der Waals surface area contributed by atoms with Crippen LogP contribution in [-0.2, 0) is 4.79 Å². The number of unbranched alkanes of at least 4 members (excludes halogenated alkanes) is 3. The molecule has 0 bridgehead atoms. The standard InChI is InChI=1S/C13H24BrNO/c1-4-7-8-9-11-15(10-5-2)13(16)12(14)6-3/h5,12H,2,4,6-11H2,1,3H3. The highest BCUT2D eigenvalue weighted by Crippen LogP contribution is 2.10. The third-order valence-corrected chi connectivity index (χ3v) is 3.61. The molecule has 2 nitrogen and oxygen atoms in total. The molecule has 1 amide bonds. The van der Waals surface area contributed by atoms with Gasteiger partial charge in [-0.25, -0.2) is 0 Å². The number of amides is 1. The van der Waals surface area contributed by atoms with Crippen molar-refractivity contribution in [3.05, 3.63) is 12.7 Å². The Kier molecular flexibility index (Phi) is 9.69. The Morgan fingerprint density at radius 2 is 2.06 bits per heavy atom. The highest BCUT2D eigenvalue weighted by atomic mass is 79.9. The lowest BCUT2D eigenvalue weighted by atomic mass is 10.2. The number of hydrogen-bond donors (Lipinski definition) is 0. The summed E-state index contributed by atoms with van der Waals surface area (Å²) < 4.78 is 0. The zero-order valence-corrected chi connectivity index (χ0v) is 12.1. The first-order valence-corrected chi connectivity index (χ1v) is 7.12. The molecule has 0 radical (unpaired) electrons. The summed E-state index contributed by atoms with van der Waals surface area (Å²) in [6, 6.07) is 0. The molecule has 0 heterocycles. The van der Waals surface area contributed by atoms with Gasteiger partial charge in [-0.3, -0.25) is 4.79 Å². The molecule has 1 unspecified atom stereocenters. The van der Waals surface area contributed by atoms with Crippen LogP contribution in [0.3, 0.4) is 0 Å². The maximum Gasteiger partial charge on any atom is 0.236 e. The van der Waals surface area contributed by atoms with Gasteiger partial charge in [0.25, 0.3) is 0 Å². The van der Waals surface area contributed by atoms with Crippen molar-refractivity contribution >= 4 is 21.8 Å². The molecule has 0 aromatic carbocycles. The van der Waals surface area contributed by atoms with E-state index < -0.39 is 0 Å². The normalized spacial score (nSPS) is 12.2. The second-order valence-corrected chi connectivity index (χ2v) is 5.11. The largest absolute Gasteiger partial charge is 0.338 e. The Morgan fingerprint density at radius 1 is 1.38 bits per heavy atom. The molecule has 0 saturated carbocycles. The molecule has 0 rings (SSSR count). The van der Waals surface area contributed by atoms with Crippen molar-refractivity contribution in [2.75, 3.05) is 13.1 Å². The van der Waals surface area contributed by atoms with Gasteiger partial charge in [-0.15, -0.1) is 6.58 Å². The van der Waals surface area contributed by atoms with Crippen molar-refractivity contribution in [3.8, 4) is 0 Å². The van der Waals surface area contributed by atoms with E-state index in [0.29, 0.717) is 6.54 Å². The highest BCUT2D eigenvalue weighted by molar-refractivity contribution is 9.10. The second-order valence-electron chi connectivity index (χ2n) is 4.01. The van der Waals surface area contributed by atoms with Crippen molar-refractivity contribution in [2.45, 2.75) is 50.8 Å². The Morgan fingerprint density at radius 3 is 2.56 bits per heavy atom. The van der Waals surface area contributed by atoms with E-state index in [-0.39, 0.29) is 10.7 Å². The van der Waals surface area contributed by atoms with E-state index >= 15 is 0 Å². The van der Waals surface area contributed by atoms with Crippen molar-refractivity contribution in [1.29, 1.82) is 0 Å². The minimum atomic E-state index is -0.0429. The van der Waals surface area contributed by atoms with Gasteiger partial charge in [-0.1, -0.05) is 55.1 Å². The van der Waals surface area contributed by atoms with Crippen LogP contribution in [-0.4, -0.2) is 28.7 Å².